The average molecular weight is 691 g/mol. The van der Waals surface area contributed by atoms with Crippen LogP contribution in [0, 0.1) is 0 Å². The molecule has 0 aliphatic carbocycles. The molecular formula is C50H30N2S. The fraction of sp³-hybridized carbons (Fsp3) is 0. The van der Waals surface area contributed by atoms with Crippen molar-refractivity contribution in [2.24, 2.45) is 0 Å². The van der Waals surface area contributed by atoms with Crippen LogP contribution in [-0.4, -0.2) is 9.13 Å². The van der Waals surface area contributed by atoms with Crippen LogP contribution in [0.25, 0.3) is 108 Å². The van der Waals surface area contributed by atoms with E-state index in [0.29, 0.717) is 0 Å². The lowest BCUT2D eigenvalue weighted by molar-refractivity contribution is 1.19. The molecular weight excluding hydrogens is 661 g/mol. The maximum Gasteiger partial charge on any atom is 0.0547 e. The first-order valence-corrected chi connectivity index (χ1v) is 19.0. The number of rotatable bonds is 3. The van der Waals surface area contributed by atoms with E-state index in [4.69, 9.17) is 0 Å². The molecule has 3 aromatic heterocycles. The van der Waals surface area contributed by atoms with Crippen LogP contribution in [0.2, 0.25) is 0 Å². The van der Waals surface area contributed by atoms with Crippen LogP contribution < -0.4 is 0 Å². The number of thiophene rings is 1. The van der Waals surface area contributed by atoms with Gasteiger partial charge in [0.25, 0.3) is 0 Å². The van der Waals surface area contributed by atoms with Gasteiger partial charge in [0.15, 0.2) is 0 Å². The zero-order valence-electron chi connectivity index (χ0n) is 28.6. The van der Waals surface area contributed by atoms with Gasteiger partial charge < -0.3 is 9.13 Å². The van der Waals surface area contributed by atoms with Gasteiger partial charge in [-0.1, -0.05) is 103 Å². The summed E-state index contributed by atoms with van der Waals surface area (Å²) in [5.41, 5.74) is 9.67. The second-order valence-corrected chi connectivity index (χ2v) is 15.3. The standard InChI is InChI=1S/C50H30N2S/c1-2-10-32-25-37(20-17-31(32)9-1)51-45-15-7-5-13-39(45)41-27-35(18-22-46(41)51)36-19-23-47-42(28-36)43-26-33-11-3-4-12-34(33)29-48(43)52(47)38-21-24-50-44(30-38)40-14-6-8-16-49(40)53-50/h1-30H. The SMILES string of the molecule is c1ccc2cc(-n3c4ccccc4c4cc(-c5ccc6c(c5)c5cc7ccccc7cc5n6-c5ccc6sc7ccccc7c6c5)ccc43)ccc2c1. The van der Waals surface area contributed by atoms with Crippen LogP contribution in [-0.2, 0) is 0 Å². The minimum atomic E-state index is 1.18. The van der Waals surface area contributed by atoms with Crippen LogP contribution >= 0.6 is 11.3 Å². The average Bonchev–Trinajstić information content (AvgIpc) is 3.86. The number of para-hydroxylation sites is 1. The summed E-state index contributed by atoms with van der Waals surface area (Å²) in [5.74, 6) is 0. The molecule has 0 fully saturated rings. The van der Waals surface area contributed by atoms with Crippen molar-refractivity contribution in [3.8, 4) is 22.5 Å². The van der Waals surface area contributed by atoms with Gasteiger partial charge in [-0.15, -0.1) is 11.3 Å². The molecule has 9 aromatic carbocycles. The summed E-state index contributed by atoms with van der Waals surface area (Å²) in [5, 5.41) is 12.7. The summed E-state index contributed by atoms with van der Waals surface area (Å²) in [6, 6.07) is 67.4. The molecule has 0 N–H and O–H groups in total. The highest BCUT2D eigenvalue weighted by atomic mass is 32.1. The molecule has 3 heterocycles. The number of aromatic nitrogens is 2. The van der Waals surface area contributed by atoms with Gasteiger partial charge in [-0.2, -0.15) is 0 Å². The molecule has 0 unspecified atom stereocenters. The normalized spacial score (nSPS) is 12.2. The number of nitrogens with zero attached hydrogens (tertiary/aromatic N) is 2. The highest BCUT2D eigenvalue weighted by Gasteiger charge is 2.18. The molecule has 0 spiro atoms. The smallest absolute Gasteiger partial charge is 0.0547 e. The molecule has 12 aromatic rings. The molecule has 3 heteroatoms. The summed E-state index contributed by atoms with van der Waals surface area (Å²) < 4.78 is 7.53. The van der Waals surface area contributed by atoms with Crippen LogP contribution in [0.3, 0.4) is 0 Å². The zero-order valence-corrected chi connectivity index (χ0v) is 29.4. The van der Waals surface area contributed by atoms with E-state index in [1.807, 2.05) is 11.3 Å². The molecule has 0 aliphatic heterocycles. The summed E-state index contributed by atoms with van der Waals surface area (Å²) in [4.78, 5) is 0. The minimum absolute atomic E-state index is 1.18. The van der Waals surface area contributed by atoms with Crippen molar-refractivity contribution < 1.29 is 0 Å². The van der Waals surface area contributed by atoms with Gasteiger partial charge in [-0.25, -0.2) is 0 Å². The van der Waals surface area contributed by atoms with E-state index in [9.17, 15) is 0 Å². The lowest BCUT2D eigenvalue weighted by Gasteiger charge is -2.10. The fourth-order valence-electron chi connectivity index (χ4n) is 8.76. The monoisotopic (exact) mass is 690 g/mol. The van der Waals surface area contributed by atoms with Gasteiger partial charge in [0.2, 0.25) is 0 Å². The highest BCUT2D eigenvalue weighted by Crippen LogP contribution is 2.41. The Morgan fingerprint density at radius 2 is 0.811 bits per heavy atom. The van der Waals surface area contributed by atoms with E-state index >= 15 is 0 Å². The third kappa shape index (κ3) is 4.26. The van der Waals surface area contributed by atoms with E-state index in [-0.39, 0.29) is 0 Å². The quantitative estimate of drug-likeness (QED) is 0.175. The van der Waals surface area contributed by atoms with Crippen molar-refractivity contribution >= 4 is 96.7 Å². The van der Waals surface area contributed by atoms with Gasteiger partial charge in [0.05, 0.1) is 22.1 Å². The fourth-order valence-corrected chi connectivity index (χ4v) is 9.85. The molecule has 0 aliphatic rings. The molecule has 0 saturated carbocycles. The third-order valence-electron chi connectivity index (χ3n) is 11.2. The van der Waals surface area contributed by atoms with Gasteiger partial charge >= 0.3 is 0 Å². The topological polar surface area (TPSA) is 9.86 Å². The van der Waals surface area contributed by atoms with Gasteiger partial charge in [-0.3, -0.25) is 0 Å². The second kappa shape index (κ2) is 10.9. The Balaban J connectivity index is 1.08. The van der Waals surface area contributed by atoms with E-state index < -0.39 is 0 Å². The van der Waals surface area contributed by atoms with Crippen molar-refractivity contribution in [2.45, 2.75) is 0 Å². The number of benzene rings is 9. The first kappa shape index (κ1) is 29.0. The van der Waals surface area contributed by atoms with Crippen molar-refractivity contribution in [1.29, 1.82) is 0 Å². The lowest BCUT2D eigenvalue weighted by Crippen LogP contribution is -1.94. The van der Waals surface area contributed by atoms with Crippen molar-refractivity contribution in [1.82, 2.24) is 9.13 Å². The van der Waals surface area contributed by atoms with Gasteiger partial charge in [0, 0.05) is 53.1 Å². The van der Waals surface area contributed by atoms with Crippen LogP contribution in [0.1, 0.15) is 0 Å². The van der Waals surface area contributed by atoms with Crippen molar-refractivity contribution in [3.05, 3.63) is 182 Å². The summed E-state index contributed by atoms with van der Waals surface area (Å²) in [6.07, 6.45) is 0. The Bertz CT molecular complexity index is 3470. The Kier molecular flexibility index (Phi) is 5.96. The van der Waals surface area contributed by atoms with E-state index in [0.717, 1.165) is 0 Å². The summed E-state index contributed by atoms with van der Waals surface area (Å²) in [7, 11) is 0. The maximum atomic E-state index is 2.47. The summed E-state index contributed by atoms with van der Waals surface area (Å²) in [6.45, 7) is 0. The third-order valence-corrected chi connectivity index (χ3v) is 12.4. The van der Waals surface area contributed by atoms with E-state index in [1.165, 1.54) is 108 Å². The highest BCUT2D eigenvalue weighted by molar-refractivity contribution is 7.25. The first-order valence-electron chi connectivity index (χ1n) is 18.2. The maximum absolute atomic E-state index is 2.47. The van der Waals surface area contributed by atoms with Gasteiger partial charge in [-0.05, 0) is 112 Å². The number of fused-ring (bicyclic) bond motifs is 11. The molecule has 2 nitrogen and oxygen atoms in total. The predicted octanol–water partition coefficient (Wildman–Crippen LogP) is 14.2. The Labute approximate surface area is 309 Å². The predicted molar refractivity (Wildman–Crippen MR) is 228 cm³/mol. The molecule has 0 amide bonds. The number of hydrogen-bond acceptors (Lipinski definition) is 1. The Morgan fingerprint density at radius 3 is 1.60 bits per heavy atom. The molecule has 53 heavy (non-hydrogen) atoms. The van der Waals surface area contributed by atoms with Gasteiger partial charge in [0.1, 0.15) is 0 Å². The van der Waals surface area contributed by atoms with Crippen molar-refractivity contribution in [2.75, 3.05) is 0 Å². The second-order valence-electron chi connectivity index (χ2n) is 14.2. The molecule has 246 valence electrons. The number of hydrogen-bond donors (Lipinski definition) is 0. The lowest BCUT2D eigenvalue weighted by atomic mass is 10.00. The van der Waals surface area contributed by atoms with Crippen LogP contribution in [0.5, 0.6) is 0 Å². The summed E-state index contributed by atoms with van der Waals surface area (Å²) >= 11 is 1.87. The van der Waals surface area contributed by atoms with E-state index in [2.05, 4.69) is 191 Å². The largest absolute Gasteiger partial charge is 0.309 e. The van der Waals surface area contributed by atoms with Crippen LogP contribution in [0.15, 0.2) is 182 Å². The minimum Gasteiger partial charge on any atom is -0.309 e. The molecule has 12 rings (SSSR count). The van der Waals surface area contributed by atoms with E-state index in [1.54, 1.807) is 0 Å². The zero-order chi connectivity index (χ0) is 34.6. The molecule has 0 saturated heterocycles. The first-order chi connectivity index (χ1) is 26.2. The Morgan fingerprint density at radius 1 is 0.283 bits per heavy atom. The Hall–Kier alpha value is -6.68. The molecule has 0 atom stereocenters. The van der Waals surface area contributed by atoms with Crippen molar-refractivity contribution in [3.63, 3.8) is 0 Å². The molecule has 0 radical (unpaired) electrons. The van der Waals surface area contributed by atoms with Crippen LogP contribution in [0.4, 0.5) is 0 Å². The molecule has 0 bridgehead atoms.